The Balaban J connectivity index is 1.46. The van der Waals surface area contributed by atoms with Crippen LogP contribution in [0.1, 0.15) is 28.9 Å². The molecule has 0 radical (unpaired) electrons. The van der Waals surface area contributed by atoms with Gasteiger partial charge in [-0.3, -0.25) is 4.79 Å². The van der Waals surface area contributed by atoms with E-state index < -0.39 is 0 Å². The van der Waals surface area contributed by atoms with Crippen molar-refractivity contribution in [2.75, 3.05) is 19.6 Å². The molecule has 1 unspecified atom stereocenters. The minimum Gasteiger partial charge on any atom is -0.364 e. The first kappa shape index (κ1) is 13.2. The van der Waals surface area contributed by atoms with E-state index >= 15 is 0 Å². The second-order valence-electron chi connectivity index (χ2n) is 6.07. The van der Waals surface area contributed by atoms with E-state index in [0.717, 1.165) is 27.9 Å². The molecule has 0 saturated carbocycles. The average molecular weight is 302 g/mol. The molecule has 5 rings (SSSR count). The number of thiophene rings is 1. The number of carbonyl (C=O) groups is 1. The molecule has 5 heteroatoms. The van der Waals surface area contributed by atoms with Gasteiger partial charge in [0.1, 0.15) is 12.0 Å². The number of carbonyl (C=O) groups excluding carboxylic acids is 1. The van der Waals surface area contributed by atoms with Gasteiger partial charge in [-0.05, 0) is 49.9 Å². The summed E-state index contributed by atoms with van der Waals surface area (Å²) in [6.45, 7) is 3.56. The third kappa shape index (κ3) is 2.56. The van der Waals surface area contributed by atoms with Gasteiger partial charge in [-0.1, -0.05) is 5.16 Å². The minimum atomic E-state index is 0.286. The van der Waals surface area contributed by atoms with Gasteiger partial charge in [0.05, 0.1) is 9.75 Å². The van der Waals surface area contributed by atoms with E-state index in [2.05, 4.69) is 10.1 Å². The first-order valence-electron chi connectivity index (χ1n) is 7.56. The Labute approximate surface area is 127 Å². The Hall–Kier alpha value is -1.46. The number of fused-ring (bicyclic) bond motifs is 3. The largest absolute Gasteiger partial charge is 0.364 e. The predicted octanol–water partition coefficient (Wildman–Crippen LogP) is 3.32. The van der Waals surface area contributed by atoms with Crippen molar-refractivity contribution in [2.45, 2.75) is 19.3 Å². The van der Waals surface area contributed by atoms with Crippen LogP contribution in [0.15, 0.2) is 29.0 Å². The SMILES string of the molecule is O=C(CC1CN2CCC1CC2)c1ccc(-c2ccon2)s1. The van der Waals surface area contributed by atoms with Crippen LogP contribution in [-0.4, -0.2) is 35.5 Å². The summed E-state index contributed by atoms with van der Waals surface area (Å²) in [6, 6.07) is 5.72. The summed E-state index contributed by atoms with van der Waals surface area (Å²) in [5.74, 6) is 1.60. The zero-order valence-corrected chi connectivity index (χ0v) is 12.6. The number of piperidine rings is 3. The quantitative estimate of drug-likeness (QED) is 0.813. The van der Waals surface area contributed by atoms with Gasteiger partial charge >= 0.3 is 0 Å². The zero-order valence-electron chi connectivity index (χ0n) is 11.8. The van der Waals surface area contributed by atoms with Gasteiger partial charge in [0.2, 0.25) is 0 Å². The Kier molecular flexibility index (Phi) is 3.39. The molecule has 3 saturated heterocycles. The van der Waals surface area contributed by atoms with Gasteiger partial charge in [0.25, 0.3) is 0 Å². The fourth-order valence-corrected chi connectivity index (χ4v) is 4.54. The molecular weight excluding hydrogens is 284 g/mol. The van der Waals surface area contributed by atoms with Crippen LogP contribution in [0.25, 0.3) is 10.6 Å². The van der Waals surface area contributed by atoms with Gasteiger partial charge in [-0.15, -0.1) is 11.3 Å². The van der Waals surface area contributed by atoms with Crippen molar-refractivity contribution >= 4 is 17.1 Å². The predicted molar refractivity (Wildman–Crippen MR) is 81.4 cm³/mol. The maximum atomic E-state index is 12.5. The van der Waals surface area contributed by atoms with Crippen LogP contribution >= 0.6 is 11.3 Å². The molecule has 3 aliphatic heterocycles. The third-order valence-corrected chi connectivity index (χ3v) is 5.96. The smallest absolute Gasteiger partial charge is 0.173 e. The maximum Gasteiger partial charge on any atom is 0.173 e. The normalized spacial score (nSPS) is 27.9. The Morgan fingerprint density at radius 1 is 1.33 bits per heavy atom. The fraction of sp³-hybridized carbons (Fsp3) is 0.500. The van der Waals surface area contributed by atoms with Crippen molar-refractivity contribution in [3.05, 3.63) is 29.3 Å². The molecule has 0 spiro atoms. The number of aromatic nitrogens is 1. The molecule has 2 aromatic rings. The molecule has 3 aliphatic rings. The van der Waals surface area contributed by atoms with Crippen LogP contribution < -0.4 is 0 Å². The highest BCUT2D eigenvalue weighted by Gasteiger charge is 2.35. The molecule has 0 aromatic carbocycles. The highest BCUT2D eigenvalue weighted by molar-refractivity contribution is 7.17. The lowest BCUT2D eigenvalue weighted by Crippen LogP contribution is -2.47. The van der Waals surface area contributed by atoms with Crippen LogP contribution in [0.5, 0.6) is 0 Å². The first-order valence-corrected chi connectivity index (χ1v) is 8.37. The Morgan fingerprint density at radius 3 is 2.86 bits per heavy atom. The van der Waals surface area contributed by atoms with Gasteiger partial charge in [0, 0.05) is 19.0 Å². The summed E-state index contributed by atoms with van der Waals surface area (Å²) in [4.78, 5) is 16.9. The third-order valence-electron chi connectivity index (χ3n) is 4.81. The van der Waals surface area contributed by atoms with Crippen LogP contribution in [0, 0.1) is 11.8 Å². The van der Waals surface area contributed by atoms with Crippen LogP contribution in [0.3, 0.4) is 0 Å². The molecule has 5 heterocycles. The van der Waals surface area contributed by atoms with E-state index in [1.807, 2.05) is 18.2 Å². The van der Waals surface area contributed by atoms with E-state index in [9.17, 15) is 4.79 Å². The van der Waals surface area contributed by atoms with Crippen molar-refractivity contribution in [3.8, 4) is 10.6 Å². The van der Waals surface area contributed by atoms with E-state index in [0.29, 0.717) is 12.3 Å². The molecule has 0 aliphatic carbocycles. The number of Topliss-reactive ketones (excluding diaryl/α,β-unsaturated/α-hetero) is 1. The van der Waals surface area contributed by atoms with E-state index in [-0.39, 0.29) is 5.78 Å². The summed E-state index contributed by atoms with van der Waals surface area (Å²) in [5, 5.41) is 3.92. The van der Waals surface area contributed by atoms with Crippen molar-refractivity contribution in [3.63, 3.8) is 0 Å². The summed E-state index contributed by atoms with van der Waals surface area (Å²) < 4.78 is 4.86. The van der Waals surface area contributed by atoms with Crippen molar-refractivity contribution < 1.29 is 9.32 Å². The molecule has 21 heavy (non-hydrogen) atoms. The second kappa shape index (κ2) is 5.39. The number of rotatable bonds is 4. The number of hydrogen-bond acceptors (Lipinski definition) is 5. The molecule has 4 nitrogen and oxygen atoms in total. The molecule has 1 atom stereocenters. The Bertz CT molecular complexity index is 627. The maximum absolute atomic E-state index is 12.5. The number of nitrogens with zero attached hydrogens (tertiary/aromatic N) is 2. The highest BCUT2D eigenvalue weighted by Crippen LogP contribution is 2.36. The molecule has 110 valence electrons. The molecule has 0 amide bonds. The zero-order chi connectivity index (χ0) is 14.2. The van der Waals surface area contributed by atoms with Gasteiger partial charge in [-0.25, -0.2) is 0 Å². The second-order valence-corrected chi connectivity index (χ2v) is 7.16. The molecule has 2 bridgehead atoms. The van der Waals surface area contributed by atoms with Crippen LogP contribution in [0.2, 0.25) is 0 Å². The summed E-state index contributed by atoms with van der Waals surface area (Å²) in [7, 11) is 0. The number of ketones is 1. The van der Waals surface area contributed by atoms with Crippen molar-refractivity contribution in [1.29, 1.82) is 0 Å². The van der Waals surface area contributed by atoms with Crippen LogP contribution in [0.4, 0.5) is 0 Å². The highest BCUT2D eigenvalue weighted by atomic mass is 32.1. The minimum absolute atomic E-state index is 0.286. The topological polar surface area (TPSA) is 46.3 Å². The van der Waals surface area contributed by atoms with Gasteiger partial charge < -0.3 is 9.42 Å². The summed E-state index contributed by atoms with van der Waals surface area (Å²) in [5.41, 5.74) is 0.807. The van der Waals surface area contributed by atoms with Crippen LogP contribution in [-0.2, 0) is 0 Å². The van der Waals surface area contributed by atoms with Crippen molar-refractivity contribution in [1.82, 2.24) is 10.1 Å². The number of hydrogen-bond donors (Lipinski definition) is 0. The lowest BCUT2D eigenvalue weighted by atomic mass is 9.76. The van der Waals surface area contributed by atoms with E-state index in [1.165, 1.54) is 37.3 Å². The first-order chi connectivity index (χ1) is 10.3. The Morgan fingerprint density at radius 2 is 2.19 bits per heavy atom. The molecular formula is C16H18N2O2S. The van der Waals surface area contributed by atoms with E-state index in [4.69, 9.17) is 4.52 Å². The fourth-order valence-electron chi connectivity index (χ4n) is 3.62. The standard InChI is InChI=1S/C16H18N2O2S/c19-14(9-12-10-18-6-3-11(12)4-7-18)16-2-1-15(21-16)13-5-8-20-17-13/h1-2,5,8,11-12H,3-4,6-7,9-10H2. The van der Waals surface area contributed by atoms with Gasteiger partial charge in [0.15, 0.2) is 5.78 Å². The molecule has 3 fully saturated rings. The van der Waals surface area contributed by atoms with Gasteiger partial charge in [-0.2, -0.15) is 0 Å². The lowest BCUT2D eigenvalue weighted by Gasteiger charge is -2.44. The lowest BCUT2D eigenvalue weighted by molar-refractivity contribution is 0.0442. The summed E-state index contributed by atoms with van der Waals surface area (Å²) in [6.07, 6.45) is 4.79. The van der Waals surface area contributed by atoms with E-state index in [1.54, 1.807) is 6.26 Å². The average Bonchev–Trinajstić information content (AvgIpc) is 3.20. The summed E-state index contributed by atoms with van der Waals surface area (Å²) >= 11 is 1.52. The molecule has 0 N–H and O–H groups in total. The molecule has 2 aromatic heterocycles. The monoisotopic (exact) mass is 302 g/mol. The van der Waals surface area contributed by atoms with Crippen molar-refractivity contribution in [2.24, 2.45) is 11.8 Å².